The fraction of sp³-hybridized carbons (Fsp3) is 0.947. The Kier molecular flexibility index (Phi) is 48.0. The molecule has 7 nitrogen and oxygen atoms in total. The Hall–Kier alpha value is -1.63. The van der Waals surface area contributed by atoms with Gasteiger partial charge in [-0.25, -0.2) is 0 Å². The van der Waals surface area contributed by atoms with Crippen LogP contribution < -0.4 is 0 Å². The molecule has 0 radical (unpaired) electrons. The molecule has 0 spiro atoms. The van der Waals surface area contributed by atoms with E-state index in [1.807, 2.05) is 11.9 Å². The molecule has 0 saturated carbocycles. The van der Waals surface area contributed by atoms with Crippen molar-refractivity contribution < 1.29 is 23.9 Å². The third-order valence-corrected chi connectivity index (χ3v) is 13.7. The number of unbranched alkanes of at least 4 members (excludes halogenated alkanes) is 25. The maximum Gasteiger partial charge on any atom is 0.305 e. The molecule has 0 aromatic heterocycles. The van der Waals surface area contributed by atoms with Gasteiger partial charge in [0.25, 0.3) is 0 Å². The highest BCUT2D eigenvalue weighted by Gasteiger charge is 2.15. The number of hydrogen-bond acceptors (Lipinski definition) is 6. The lowest BCUT2D eigenvalue weighted by Crippen LogP contribution is -2.30. The van der Waals surface area contributed by atoms with E-state index < -0.39 is 0 Å². The van der Waals surface area contributed by atoms with Crippen molar-refractivity contribution in [2.24, 2.45) is 11.8 Å². The highest BCUT2D eigenvalue weighted by molar-refractivity contribution is 5.75. The van der Waals surface area contributed by atoms with Gasteiger partial charge in [0, 0.05) is 32.9 Å². The van der Waals surface area contributed by atoms with Gasteiger partial charge in [0.05, 0.1) is 13.2 Å². The molecule has 2 atom stereocenters. The van der Waals surface area contributed by atoms with E-state index in [4.69, 9.17) is 9.47 Å². The van der Waals surface area contributed by atoms with E-state index in [0.717, 1.165) is 90.4 Å². The summed E-state index contributed by atoms with van der Waals surface area (Å²) in [6, 6.07) is 0. The molecule has 0 aliphatic heterocycles. The van der Waals surface area contributed by atoms with Crippen LogP contribution in [0.4, 0.5) is 0 Å². The molecule has 2 unspecified atom stereocenters. The number of esters is 2. The van der Waals surface area contributed by atoms with Crippen LogP contribution in [0, 0.1) is 11.8 Å². The molecule has 0 bridgehead atoms. The van der Waals surface area contributed by atoms with Crippen molar-refractivity contribution >= 4 is 17.8 Å². The Morgan fingerprint density at radius 2 is 0.625 bits per heavy atom. The van der Waals surface area contributed by atoms with Gasteiger partial charge in [0.2, 0.25) is 5.91 Å². The second-order valence-electron chi connectivity index (χ2n) is 20.1. The van der Waals surface area contributed by atoms with Gasteiger partial charge in [-0.1, -0.05) is 202 Å². The second kappa shape index (κ2) is 49.3. The highest BCUT2D eigenvalue weighted by atomic mass is 16.5. The summed E-state index contributed by atoms with van der Waals surface area (Å²) in [4.78, 5) is 42.9. The molecule has 64 heavy (non-hydrogen) atoms. The molecule has 0 N–H and O–H groups in total. The first kappa shape index (κ1) is 62.4. The lowest BCUT2D eigenvalue weighted by atomic mass is 9.95. The van der Waals surface area contributed by atoms with Crippen LogP contribution in [-0.2, 0) is 23.9 Å². The first-order chi connectivity index (χ1) is 31.3. The van der Waals surface area contributed by atoms with Crippen molar-refractivity contribution in [1.82, 2.24) is 9.80 Å². The molecule has 0 heterocycles. The van der Waals surface area contributed by atoms with Crippen molar-refractivity contribution in [3.8, 4) is 0 Å². The van der Waals surface area contributed by atoms with Crippen LogP contribution in [0.15, 0.2) is 0 Å². The number of hydrogen-bond donors (Lipinski definition) is 0. The fourth-order valence-corrected chi connectivity index (χ4v) is 9.11. The van der Waals surface area contributed by atoms with Gasteiger partial charge in [0.15, 0.2) is 0 Å². The van der Waals surface area contributed by atoms with Crippen molar-refractivity contribution in [3.63, 3.8) is 0 Å². The van der Waals surface area contributed by atoms with Crippen LogP contribution in [0.3, 0.4) is 0 Å². The van der Waals surface area contributed by atoms with E-state index in [9.17, 15) is 14.4 Å². The summed E-state index contributed by atoms with van der Waals surface area (Å²) in [6.45, 7) is 16.4. The first-order valence-electron chi connectivity index (χ1n) is 28.6. The zero-order chi connectivity index (χ0) is 47.0. The predicted octanol–water partition coefficient (Wildman–Crippen LogP) is 16.8. The number of carbonyl (C=O) groups excluding carboxylic acids is 3. The van der Waals surface area contributed by atoms with Gasteiger partial charge >= 0.3 is 11.9 Å². The molecule has 0 rings (SSSR count). The van der Waals surface area contributed by atoms with Gasteiger partial charge < -0.3 is 19.3 Å². The van der Waals surface area contributed by atoms with Crippen molar-refractivity contribution in [2.75, 3.05) is 46.4 Å². The minimum Gasteiger partial charge on any atom is -0.465 e. The second-order valence-corrected chi connectivity index (χ2v) is 20.1. The molecular formula is C57H112N2O5. The highest BCUT2D eigenvalue weighted by Crippen LogP contribution is 2.22. The summed E-state index contributed by atoms with van der Waals surface area (Å²) in [7, 11) is 1.97. The average molecular weight is 906 g/mol. The minimum atomic E-state index is -0.0168. The monoisotopic (exact) mass is 905 g/mol. The Morgan fingerprint density at radius 1 is 0.344 bits per heavy atom. The first-order valence-corrected chi connectivity index (χ1v) is 28.6. The quantitative estimate of drug-likeness (QED) is 0.0447. The average Bonchev–Trinajstić information content (AvgIpc) is 3.29. The van der Waals surface area contributed by atoms with E-state index in [-0.39, 0.29) is 17.8 Å². The molecule has 1 amide bonds. The molecule has 0 aromatic carbocycles. The van der Waals surface area contributed by atoms with Crippen LogP contribution in [0.1, 0.15) is 291 Å². The van der Waals surface area contributed by atoms with Crippen LogP contribution in [0.2, 0.25) is 0 Å². The number of rotatable bonds is 51. The largest absolute Gasteiger partial charge is 0.465 e. The van der Waals surface area contributed by atoms with Gasteiger partial charge in [-0.3, -0.25) is 14.4 Å². The Bertz CT molecular complexity index is 948. The number of amides is 1. The van der Waals surface area contributed by atoms with Crippen LogP contribution in [-0.4, -0.2) is 74.1 Å². The predicted molar refractivity (Wildman–Crippen MR) is 276 cm³/mol. The zero-order valence-electron chi connectivity index (χ0n) is 44.1. The lowest BCUT2D eigenvalue weighted by Gasteiger charge is -2.23. The summed E-state index contributed by atoms with van der Waals surface area (Å²) in [5, 5.41) is 0. The molecule has 7 heteroatoms. The van der Waals surface area contributed by atoms with E-state index >= 15 is 0 Å². The third-order valence-electron chi connectivity index (χ3n) is 13.7. The summed E-state index contributed by atoms with van der Waals surface area (Å²) in [5.74, 6) is 1.27. The molecule has 0 fully saturated rings. The van der Waals surface area contributed by atoms with Crippen LogP contribution in [0.5, 0.6) is 0 Å². The van der Waals surface area contributed by atoms with Crippen molar-refractivity contribution in [3.05, 3.63) is 0 Å². The molecule has 380 valence electrons. The maximum absolute atomic E-state index is 12.8. The SMILES string of the molecule is CCCCCCCCC(CCCCCC)COC(=O)CCCCCN(CCCCCC(=O)OCC(CCCCCC)CCCCCCCC)CCCCN(C)C(=O)CCCCCCC. The maximum atomic E-state index is 12.8. The molecule has 0 aliphatic carbocycles. The Labute approximate surface area is 399 Å². The van der Waals surface area contributed by atoms with E-state index in [2.05, 4.69) is 39.5 Å². The molecule has 0 aromatic rings. The van der Waals surface area contributed by atoms with Gasteiger partial charge in [-0.15, -0.1) is 0 Å². The summed E-state index contributed by atoms with van der Waals surface area (Å²) >= 11 is 0. The standard InChI is InChI=1S/C57H112N2O5/c1-7-12-17-22-25-31-42-53(40-29-20-15-10-4)51-63-56(61)45-34-27-36-48-59(50-39-38-47-58(6)55(60)44-33-24-19-14-9-3)49-37-28-35-46-57(62)64-52-54(41-30-21-16-11-5)43-32-26-23-18-13-8-2/h53-54H,7-52H2,1-6H3. The summed E-state index contributed by atoms with van der Waals surface area (Å²) in [5.41, 5.74) is 0. The van der Waals surface area contributed by atoms with E-state index in [0.29, 0.717) is 44.3 Å². The smallest absolute Gasteiger partial charge is 0.305 e. The van der Waals surface area contributed by atoms with Gasteiger partial charge in [0.1, 0.15) is 0 Å². The fourth-order valence-electron chi connectivity index (χ4n) is 9.11. The van der Waals surface area contributed by atoms with Crippen LogP contribution >= 0.6 is 0 Å². The number of ether oxygens (including phenoxy) is 2. The molecule has 0 saturated heterocycles. The lowest BCUT2D eigenvalue weighted by molar-refractivity contribution is -0.146. The van der Waals surface area contributed by atoms with Crippen molar-refractivity contribution in [1.29, 1.82) is 0 Å². The normalized spacial score (nSPS) is 12.5. The molecule has 0 aliphatic rings. The Balaban J connectivity index is 4.87. The summed E-state index contributed by atoms with van der Waals surface area (Å²) < 4.78 is 11.8. The summed E-state index contributed by atoms with van der Waals surface area (Å²) in [6.07, 6.45) is 46.4. The van der Waals surface area contributed by atoms with Crippen molar-refractivity contribution in [2.45, 2.75) is 291 Å². The zero-order valence-corrected chi connectivity index (χ0v) is 44.1. The number of nitrogens with zero attached hydrogens (tertiary/aromatic N) is 2. The Morgan fingerprint density at radius 3 is 1.02 bits per heavy atom. The third kappa shape index (κ3) is 43.0. The van der Waals surface area contributed by atoms with E-state index in [1.54, 1.807) is 0 Å². The topological polar surface area (TPSA) is 76.2 Å². The minimum absolute atomic E-state index is 0.0168. The van der Waals surface area contributed by atoms with E-state index in [1.165, 1.54) is 173 Å². The van der Waals surface area contributed by atoms with Crippen LogP contribution in [0.25, 0.3) is 0 Å². The van der Waals surface area contributed by atoms with Gasteiger partial charge in [-0.2, -0.15) is 0 Å². The van der Waals surface area contributed by atoms with Gasteiger partial charge in [-0.05, 0) is 102 Å². The molecular weight excluding hydrogens is 793 g/mol. The number of carbonyl (C=O) groups is 3.